The minimum absolute atomic E-state index is 0.0331. The number of ether oxygens (including phenoxy) is 1. The lowest BCUT2D eigenvalue weighted by Gasteiger charge is -2.08. The predicted molar refractivity (Wildman–Crippen MR) is 96.9 cm³/mol. The summed E-state index contributed by atoms with van der Waals surface area (Å²) in [7, 11) is 0. The zero-order chi connectivity index (χ0) is 17.6. The average Bonchev–Trinajstić information content (AvgIpc) is 3.06. The summed E-state index contributed by atoms with van der Waals surface area (Å²) in [6.07, 6.45) is 0. The van der Waals surface area contributed by atoms with Gasteiger partial charge in [0.1, 0.15) is 11.4 Å². The van der Waals surface area contributed by atoms with Crippen LogP contribution in [0, 0.1) is 0 Å². The Bertz CT molecular complexity index is 851. The van der Waals surface area contributed by atoms with Crippen molar-refractivity contribution in [2.45, 2.75) is 6.92 Å². The van der Waals surface area contributed by atoms with Crippen molar-refractivity contribution in [1.29, 1.82) is 0 Å². The van der Waals surface area contributed by atoms with Crippen LogP contribution in [0.5, 0.6) is 5.75 Å². The Hall–Kier alpha value is -3.28. The normalized spacial score (nSPS) is 10.4. The molecule has 0 fully saturated rings. The number of fused-ring (bicyclic) bond motifs is 1. The second kappa shape index (κ2) is 7.53. The van der Waals surface area contributed by atoms with Crippen LogP contribution in [0.2, 0.25) is 0 Å². The van der Waals surface area contributed by atoms with Crippen molar-refractivity contribution in [3.05, 3.63) is 60.3 Å². The first-order valence-electron chi connectivity index (χ1n) is 8.04. The fourth-order valence-corrected chi connectivity index (χ4v) is 2.43. The van der Waals surface area contributed by atoms with Crippen LogP contribution in [0.15, 0.2) is 54.6 Å². The number of nitrogens with one attached hydrogen (secondary N) is 3. The second-order valence-corrected chi connectivity index (χ2v) is 5.49. The first-order chi connectivity index (χ1) is 12.2. The van der Waals surface area contributed by atoms with Crippen LogP contribution in [0.4, 0.5) is 5.69 Å². The summed E-state index contributed by atoms with van der Waals surface area (Å²) in [5.41, 5.74) is 2.06. The van der Waals surface area contributed by atoms with Crippen molar-refractivity contribution < 1.29 is 14.3 Å². The second-order valence-electron chi connectivity index (χ2n) is 5.49. The maximum Gasteiger partial charge on any atom is 0.272 e. The van der Waals surface area contributed by atoms with E-state index < -0.39 is 0 Å². The third-order valence-electron chi connectivity index (χ3n) is 3.63. The summed E-state index contributed by atoms with van der Waals surface area (Å²) in [5, 5.41) is 6.47. The van der Waals surface area contributed by atoms with Crippen LogP contribution in [-0.4, -0.2) is 29.9 Å². The van der Waals surface area contributed by atoms with Gasteiger partial charge in [0.05, 0.1) is 0 Å². The van der Waals surface area contributed by atoms with Gasteiger partial charge >= 0.3 is 0 Å². The lowest BCUT2D eigenvalue weighted by atomic mass is 10.2. The highest BCUT2D eigenvalue weighted by atomic mass is 16.5. The van der Waals surface area contributed by atoms with E-state index in [0.717, 1.165) is 10.9 Å². The van der Waals surface area contributed by atoms with Gasteiger partial charge in [-0.2, -0.15) is 0 Å². The third kappa shape index (κ3) is 4.17. The van der Waals surface area contributed by atoms with E-state index in [0.29, 0.717) is 23.7 Å². The van der Waals surface area contributed by atoms with Crippen LogP contribution in [-0.2, 0) is 4.79 Å². The fourth-order valence-electron chi connectivity index (χ4n) is 2.43. The molecular weight excluding hydrogens is 318 g/mol. The summed E-state index contributed by atoms with van der Waals surface area (Å²) in [6, 6.07) is 16.4. The van der Waals surface area contributed by atoms with Gasteiger partial charge in [0.25, 0.3) is 11.8 Å². The Balaban J connectivity index is 1.60. The molecule has 0 atom stereocenters. The van der Waals surface area contributed by atoms with E-state index in [9.17, 15) is 9.59 Å². The molecule has 6 nitrogen and oxygen atoms in total. The molecule has 0 saturated heterocycles. The maximum absolute atomic E-state index is 12.3. The van der Waals surface area contributed by atoms with Crippen molar-refractivity contribution in [2.24, 2.45) is 0 Å². The fraction of sp³-hybridized carbons (Fsp3) is 0.158. The zero-order valence-electron chi connectivity index (χ0n) is 13.8. The molecule has 2 aromatic carbocycles. The number of likely N-dealkylation sites (N-methyl/N-ethyl adjacent to an activating group) is 1. The van der Waals surface area contributed by atoms with Crippen molar-refractivity contribution in [3.63, 3.8) is 0 Å². The molecule has 0 aliphatic rings. The Kier molecular flexibility index (Phi) is 4.99. The number of carbonyl (C=O) groups excluding carboxylic acids is 2. The van der Waals surface area contributed by atoms with E-state index in [-0.39, 0.29) is 18.4 Å². The number of benzene rings is 2. The number of hydrogen-bond acceptors (Lipinski definition) is 3. The quantitative estimate of drug-likeness (QED) is 0.647. The van der Waals surface area contributed by atoms with Crippen LogP contribution in [0.1, 0.15) is 17.4 Å². The molecule has 0 radical (unpaired) electrons. The molecule has 3 rings (SSSR count). The molecule has 0 saturated carbocycles. The molecule has 0 aliphatic carbocycles. The molecule has 0 bridgehead atoms. The van der Waals surface area contributed by atoms with Crippen molar-refractivity contribution in [3.8, 4) is 5.75 Å². The van der Waals surface area contributed by atoms with Crippen LogP contribution in [0.25, 0.3) is 10.9 Å². The molecular formula is C19H19N3O3. The first-order valence-corrected chi connectivity index (χ1v) is 8.04. The highest BCUT2D eigenvalue weighted by Gasteiger charge is 2.09. The Morgan fingerprint density at radius 2 is 1.84 bits per heavy atom. The minimum atomic E-state index is -0.216. The van der Waals surface area contributed by atoms with E-state index in [4.69, 9.17) is 4.74 Å². The SMILES string of the molecule is CCNC(=O)COc1ccc(NC(=O)c2cc3ccccc3[nH]2)cc1. The Labute approximate surface area is 145 Å². The Morgan fingerprint density at radius 3 is 2.56 bits per heavy atom. The van der Waals surface area contributed by atoms with Gasteiger partial charge in [-0.05, 0) is 43.3 Å². The third-order valence-corrected chi connectivity index (χ3v) is 3.63. The van der Waals surface area contributed by atoms with Gasteiger partial charge in [0.2, 0.25) is 0 Å². The number of amides is 2. The first kappa shape index (κ1) is 16.6. The standard InChI is InChI=1S/C19H19N3O3/c1-2-20-18(23)12-25-15-9-7-14(8-10-15)21-19(24)17-11-13-5-3-4-6-16(13)22-17/h3-11,22H,2,12H2,1H3,(H,20,23)(H,21,24). The minimum Gasteiger partial charge on any atom is -0.484 e. The van der Waals surface area contributed by atoms with Crippen molar-refractivity contribution in [2.75, 3.05) is 18.5 Å². The number of aromatic nitrogens is 1. The molecule has 0 aliphatic heterocycles. The molecule has 25 heavy (non-hydrogen) atoms. The van der Waals surface area contributed by atoms with Gasteiger partial charge in [-0.3, -0.25) is 9.59 Å². The highest BCUT2D eigenvalue weighted by Crippen LogP contribution is 2.18. The van der Waals surface area contributed by atoms with Crippen molar-refractivity contribution in [1.82, 2.24) is 10.3 Å². The zero-order valence-corrected chi connectivity index (χ0v) is 13.8. The number of aromatic amines is 1. The predicted octanol–water partition coefficient (Wildman–Crippen LogP) is 2.94. The van der Waals surface area contributed by atoms with E-state index >= 15 is 0 Å². The van der Waals surface area contributed by atoms with Gasteiger partial charge in [-0.1, -0.05) is 18.2 Å². The van der Waals surface area contributed by atoms with E-state index in [1.807, 2.05) is 37.3 Å². The summed E-state index contributed by atoms with van der Waals surface area (Å²) >= 11 is 0. The number of para-hydroxylation sites is 1. The molecule has 3 N–H and O–H groups in total. The molecule has 1 aromatic heterocycles. The number of H-pyrrole nitrogens is 1. The lowest BCUT2D eigenvalue weighted by Crippen LogP contribution is -2.28. The molecule has 1 heterocycles. The monoisotopic (exact) mass is 337 g/mol. The average molecular weight is 337 g/mol. The van der Waals surface area contributed by atoms with Gasteiger partial charge in [0.15, 0.2) is 6.61 Å². The van der Waals surface area contributed by atoms with Crippen LogP contribution < -0.4 is 15.4 Å². The maximum atomic E-state index is 12.3. The summed E-state index contributed by atoms with van der Waals surface area (Å²) in [6.45, 7) is 2.39. The molecule has 3 aromatic rings. The number of anilines is 1. The Morgan fingerprint density at radius 1 is 1.08 bits per heavy atom. The van der Waals surface area contributed by atoms with Crippen molar-refractivity contribution >= 4 is 28.4 Å². The largest absolute Gasteiger partial charge is 0.484 e. The number of carbonyl (C=O) groups is 2. The van der Waals surface area contributed by atoms with Gasteiger partial charge in [0, 0.05) is 23.1 Å². The summed E-state index contributed by atoms with van der Waals surface area (Å²) < 4.78 is 5.37. The van der Waals surface area contributed by atoms with Gasteiger partial charge < -0.3 is 20.4 Å². The van der Waals surface area contributed by atoms with E-state index in [1.165, 1.54) is 0 Å². The highest BCUT2D eigenvalue weighted by molar-refractivity contribution is 6.05. The molecule has 6 heteroatoms. The molecule has 0 spiro atoms. The molecule has 0 unspecified atom stereocenters. The van der Waals surface area contributed by atoms with Gasteiger partial charge in [-0.15, -0.1) is 0 Å². The van der Waals surface area contributed by atoms with Crippen LogP contribution in [0.3, 0.4) is 0 Å². The summed E-state index contributed by atoms with van der Waals surface area (Å²) in [4.78, 5) is 26.8. The topological polar surface area (TPSA) is 83.2 Å². The van der Waals surface area contributed by atoms with Gasteiger partial charge in [-0.25, -0.2) is 0 Å². The lowest BCUT2D eigenvalue weighted by molar-refractivity contribution is -0.122. The van der Waals surface area contributed by atoms with Crippen LogP contribution >= 0.6 is 0 Å². The number of hydrogen-bond donors (Lipinski definition) is 3. The smallest absolute Gasteiger partial charge is 0.272 e. The van der Waals surface area contributed by atoms with E-state index in [2.05, 4.69) is 15.6 Å². The number of rotatable bonds is 6. The summed E-state index contributed by atoms with van der Waals surface area (Å²) in [5.74, 6) is 0.181. The molecule has 128 valence electrons. The van der Waals surface area contributed by atoms with E-state index in [1.54, 1.807) is 24.3 Å². The molecule has 2 amide bonds.